The number of piperidine rings is 1. The average Bonchev–Trinajstić information content (AvgIpc) is 2.81. The van der Waals surface area contributed by atoms with E-state index in [0.717, 1.165) is 25.3 Å². The van der Waals surface area contributed by atoms with Crippen LogP contribution in [0, 0.1) is 0 Å². The molecule has 2 saturated heterocycles. The molecule has 27 heavy (non-hydrogen) atoms. The third kappa shape index (κ3) is 3.87. The van der Waals surface area contributed by atoms with Crippen LogP contribution in [0.25, 0.3) is 0 Å². The molecule has 0 unspecified atom stereocenters. The van der Waals surface area contributed by atoms with Gasteiger partial charge in [0.05, 0.1) is 22.3 Å². The fourth-order valence-corrected chi connectivity index (χ4v) is 3.38. The van der Waals surface area contributed by atoms with E-state index in [4.69, 9.17) is 9.31 Å². The van der Waals surface area contributed by atoms with Crippen LogP contribution in [0.3, 0.4) is 0 Å². The first kappa shape index (κ1) is 20.2. The van der Waals surface area contributed by atoms with Crippen LogP contribution in [-0.2, 0) is 15.5 Å². The van der Waals surface area contributed by atoms with Crippen LogP contribution in [0.5, 0.6) is 0 Å². The Morgan fingerprint density at radius 1 is 1.04 bits per heavy atom. The highest BCUT2D eigenvalue weighted by Gasteiger charge is 2.52. The Balaban J connectivity index is 1.98. The number of halogens is 3. The second kappa shape index (κ2) is 6.81. The van der Waals surface area contributed by atoms with E-state index in [0.29, 0.717) is 18.6 Å². The number of alkyl halides is 3. The summed E-state index contributed by atoms with van der Waals surface area (Å²) in [4.78, 5) is 14.3. The van der Waals surface area contributed by atoms with E-state index in [9.17, 15) is 18.0 Å². The molecule has 4 nitrogen and oxygen atoms in total. The summed E-state index contributed by atoms with van der Waals surface area (Å²) < 4.78 is 52.3. The zero-order chi connectivity index (χ0) is 20.0. The molecule has 2 fully saturated rings. The van der Waals surface area contributed by atoms with E-state index in [2.05, 4.69) is 0 Å². The van der Waals surface area contributed by atoms with Gasteiger partial charge >= 0.3 is 13.3 Å². The quantitative estimate of drug-likeness (QED) is 0.733. The van der Waals surface area contributed by atoms with Crippen molar-refractivity contribution in [2.45, 2.75) is 64.3 Å². The number of likely N-dealkylation sites (tertiary alicyclic amines) is 1. The predicted molar refractivity (Wildman–Crippen MR) is 96.9 cm³/mol. The lowest BCUT2D eigenvalue weighted by Gasteiger charge is -2.32. The average molecular weight is 383 g/mol. The molecule has 1 aromatic carbocycles. The molecule has 1 amide bonds. The summed E-state index contributed by atoms with van der Waals surface area (Å²) in [7, 11) is -0.815. The molecule has 0 aromatic heterocycles. The van der Waals surface area contributed by atoms with Gasteiger partial charge in [-0.15, -0.1) is 0 Å². The van der Waals surface area contributed by atoms with E-state index in [-0.39, 0.29) is 5.56 Å². The maximum absolute atomic E-state index is 13.5. The van der Waals surface area contributed by atoms with Crippen LogP contribution < -0.4 is 5.46 Å². The SMILES string of the molecule is CC1(C)OB(c2ccc(C(F)(F)F)c(C(=O)N3CCCCC3)c2)OC1(C)C. The van der Waals surface area contributed by atoms with Gasteiger partial charge in [0.25, 0.3) is 5.91 Å². The molecular formula is C19H25BF3NO3. The molecule has 0 atom stereocenters. The summed E-state index contributed by atoms with van der Waals surface area (Å²) in [6.45, 7) is 8.45. The van der Waals surface area contributed by atoms with Gasteiger partial charge in [0.2, 0.25) is 0 Å². The molecule has 2 aliphatic rings. The smallest absolute Gasteiger partial charge is 0.399 e. The van der Waals surface area contributed by atoms with Crippen molar-refractivity contribution in [3.8, 4) is 0 Å². The van der Waals surface area contributed by atoms with Crippen molar-refractivity contribution in [1.29, 1.82) is 0 Å². The van der Waals surface area contributed by atoms with Crippen molar-refractivity contribution in [3.05, 3.63) is 29.3 Å². The fraction of sp³-hybridized carbons (Fsp3) is 0.632. The van der Waals surface area contributed by atoms with Crippen molar-refractivity contribution < 1.29 is 27.3 Å². The molecule has 3 rings (SSSR count). The van der Waals surface area contributed by atoms with Crippen LogP contribution >= 0.6 is 0 Å². The van der Waals surface area contributed by atoms with E-state index in [1.165, 1.54) is 17.0 Å². The van der Waals surface area contributed by atoms with E-state index < -0.39 is 36.0 Å². The number of nitrogens with zero attached hydrogens (tertiary/aromatic N) is 1. The number of amides is 1. The minimum Gasteiger partial charge on any atom is -0.399 e. The van der Waals surface area contributed by atoms with Crippen molar-refractivity contribution in [2.24, 2.45) is 0 Å². The van der Waals surface area contributed by atoms with Gasteiger partial charge in [-0.1, -0.05) is 6.07 Å². The Bertz CT molecular complexity index is 711. The molecule has 148 valence electrons. The van der Waals surface area contributed by atoms with E-state index in [1.807, 2.05) is 27.7 Å². The van der Waals surface area contributed by atoms with Crippen LogP contribution in [0.2, 0.25) is 0 Å². The van der Waals surface area contributed by atoms with Crippen LogP contribution in [0.1, 0.15) is 62.9 Å². The molecule has 0 spiro atoms. The number of carbonyl (C=O) groups is 1. The lowest BCUT2D eigenvalue weighted by Crippen LogP contribution is -2.41. The van der Waals surface area contributed by atoms with Crippen LogP contribution in [0.4, 0.5) is 13.2 Å². The topological polar surface area (TPSA) is 38.8 Å². The minimum absolute atomic E-state index is 0.336. The van der Waals surface area contributed by atoms with Crippen LogP contribution in [0.15, 0.2) is 18.2 Å². The molecule has 0 aliphatic carbocycles. The first-order valence-corrected chi connectivity index (χ1v) is 9.28. The van der Waals surface area contributed by atoms with E-state index in [1.54, 1.807) is 0 Å². The second-order valence-corrected chi connectivity index (χ2v) is 8.24. The Kier molecular flexibility index (Phi) is 5.10. The molecule has 0 N–H and O–H groups in total. The van der Waals surface area contributed by atoms with Gasteiger partial charge < -0.3 is 14.2 Å². The van der Waals surface area contributed by atoms with Gasteiger partial charge in [-0.3, -0.25) is 4.79 Å². The first-order chi connectivity index (χ1) is 12.4. The van der Waals surface area contributed by atoms with Crippen LogP contribution in [-0.4, -0.2) is 42.2 Å². The zero-order valence-corrected chi connectivity index (χ0v) is 16.2. The summed E-state index contributed by atoms with van der Waals surface area (Å²) in [6.07, 6.45) is -1.99. The molecule has 0 saturated carbocycles. The van der Waals surface area contributed by atoms with Crippen molar-refractivity contribution in [3.63, 3.8) is 0 Å². The summed E-state index contributed by atoms with van der Waals surface area (Å²) in [5.41, 5.74) is -2.06. The number of benzene rings is 1. The molecular weight excluding hydrogens is 358 g/mol. The highest BCUT2D eigenvalue weighted by Crippen LogP contribution is 2.37. The lowest BCUT2D eigenvalue weighted by molar-refractivity contribution is -0.138. The third-order valence-corrected chi connectivity index (χ3v) is 5.75. The normalized spacial score (nSPS) is 22.2. The predicted octanol–water partition coefficient (Wildman–Crippen LogP) is 3.63. The van der Waals surface area contributed by atoms with E-state index >= 15 is 0 Å². The number of carbonyl (C=O) groups excluding carboxylic acids is 1. The van der Waals surface area contributed by atoms with Gasteiger partial charge in [-0.2, -0.15) is 13.2 Å². The summed E-state index contributed by atoms with van der Waals surface area (Å²) >= 11 is 0. The maximum atomic E-state index is 13.5. The van der Waals surface area contributed by atoms with Crippen molar-refractivity contribution in [1.82, 2.24) is 4.90 Å². The Hall–Kier alpha value is -1.54. The van der Waals surface area contributed by atoms with Crippen molar-refractivity contribution >= 4 is 18.5 Å². The number of rotatable bonds is 2. The second-order valence-electron chi connectivity index (χ2n) is 8.24. The Morgan fingerprint density at radius 3 is 2.11 bits per heavy atom. The van der Waals surface area contributed by atoms with Gasteiger partial charge in [-0.25, -0.2) is 0 Å². The van der Waals surface area contributed by atoms with Gasteiger partial charge in [0, 0.05) is 13.1 Å². The molecule has 2 heterocycles. The Morgan fingerprint density at radius 2 is 1.59 bits per heavy atom. The fourth-order valence-electron chi connectivity index (χ4n) is 3.38. The third-order valence-electron chi connectivity index (χ3n) is 5.75. The summed E-state index contributed by atoms with van der Waals surface area (Å²) in [5.74, 6) is -0.583. The minimum atomic E-state index is -4.60. The monoisotopic (exact) mass is 383 g/mol. The summed E-state index contributed by atoms with van der Waals surface area (Å²) in [6, 6.07) is 3.57. The zero-order valence-electron chi connectivity index (χ0n) is 16.2. The molecule has 2 aliphatic heterocycles. The largest absolute Gasteiger partial charge is 0.494 e. The standard InChI is InChI=1S/C19H25BF3NO3/c1-17(2)18(3,4)27-20(26-17)13-8-9-15(19(21,22)23)14(12-13)16(25)24-10-6-5-7-11-24/h8-9,12H,5-7,10-11H2,1-4H3. The van der Waals surface area contributed by atoms with Crippen molar-refractivity contribution in [2.75, 3.05) is 13.1 Å². The molecule has 1 aromatic rings. The number of hydrogen-bond donors (Lipinski definition) is 0. The number of hydrogen-bond acceptors (Lipinski definition) is 3. The molecule has 8 heteroatoms. The molecule has 0 bridgehead atoms. The highest BCUT2D eigenvalue weighted by molar-refractivity contribution is 6.62. The molecule has 0 radical (unpaired) electrons. The maximum Gasteiger partial charge on any atom is 0.494 e. The van der Waals surface area contributed by atoms with Gasteiger partial charge in [-0.05, 0) is 64.6 Å². The Labute approximate surface area is 158 Å². The lowest BCUT2D eigenvalue weighted by atomic mass is 9.77. The highest BCUT2D eigenvalue weighted by atomic mass is 19.4. The van der Waals surface area contributed by atoms with Gasteiger partial charge in [0.1, 0.15) is 0 Å². The van der Waals surface area contributed by atoms with Gasteiger partial charge in [0.15, 0.2) is 0 Å². The summed E-state index contributed by atoms with van der Waals surface area (Å²) in [5, 5.41) is 0. The first-order valence-electron chi connectivity index (χ1n) is 9.28.